The molecule has 124 valence electrons. The van der Waals surface area contributed by atoms with Crippen LogP contribution in [0.5, 0.6) is 5.75 Å². The molecule has 0 unspecified atom stereocenters. The van der Waals surface area contributed by atoms with Gasteiger partial charge in [-0.2, -0.15) is 0 Å². The molecule has 6 nitrogen and oxygen atoms in total. The van der Waals surface area contributed by atoms with Crippen molar-refractivity contribution < 1.29 is 14.7 Å². The molecule has 1 amide bonds. The summed E-state index contributed by atoms with van der Waals surface area (Å²) in [5, 5.41) is 8.42. The van der Waals surface area contributed by atoms with E-state index in [2.05, 4.69) is 9.97 Å². The lowest BCUT2D eigenvalue weighted by Gasteiger charge is -2.07. The van der Waals surface area contributed by atoms with Crippen molar-refractivity contribution in [2.75, 3.05) is 6.61 Å². The van der Waals surface area contributed by atoms with Gasteiger partial charge in [-0.15, -0.1) is 0 Å². The minimum atomic E-state index is -0.373. The molecule has 0 aliphatic heterocycles. The lowest BCUT2D eigenvalue weighted by atomic mass is 10.2. The van der Waals surface area contributed by atoms with E-state index < -0.39 is 0 Å². The molecule has 0 fully saturated rings. The Morgan fingerprint density at radius 2 is 2.04 bits per heavy atom. The highest BCUT2D eigenvalue weighted by atomic mass is 16.5. The maximum atomic E-state index is 10.9. The lowest BCUT2D eigenvalue weighted by molar-refractivity contribution is -0.129. The first-order valence-corrected chi connectivity index (χ1v) is 7.87. The van der Waals surface area contributed by atoms with Gasteiger partial charge < -0.3 is 9.72 Å². The summed E-state index contributed by atoms with van der Waals surface area (Å²) < 4.78 is 5.72. The van der Waals surface area contributed by atoms with Crippen molar-refractivity contribution in [3.8, 4) is 17.1 Å². The molecule has 24 heavy (non-hydrogen) atoms. The number of ether oxygens (including phenoxy) is 1. The SMILES string of the molecule is O=C(CCCCOc1cccc(-c2nc3ccccc3[nH]2)c1)NO. The summed E-state index contributed by atoms with van der Waals surface area (Å²) in [6.07, 6.45) is 1.69. The molecule has 3 N–H and O–H groups in total. The first-order valence-electron chi connectivity index (χ1n) is 7.87. The van der Waals surface area contributed by atoms with Gasteiger partial charge in [-0.25, -0.2) is 10.5 Å². The lowest BCUT2D eigenvalue weighted by Crippen LogP contribution is -2.18. The average molecular weight is 325 g/mol. The predicted octanol–water partition coefficient (Wildman–Crippen LogP) is 3.28. The summed E-state index contributed by atoms with van der Waals surface area (Å²) in [4.78, 5) is 18.8. The highest BCUT2D eigenvalue weighted by Crippen LogP contribution is 2.24. The number of carbonyl (C=O) groups excluding carboxylic acids is 1. The van der Waals surface area contributed by atoms with Crippen LogP contribution in [0.3, 0.4) is 0 Å². The van der Waals surface area contributed by atoms with Gasteiger partial charge in [0.2, 0.25) is 5.91 Å². The number of imidazole rings is 1. The fourth-order valence-corrected chi connectivity index (χ4v) is 2.46. The summed E-state index contributed by atoms with van der Waals surface area (Å²) in [5.41, 5.74) is 4.51. The van der Waals surface area contributed by atoms with Crippen molar-refractivity contribution in [1.82, 2.24) is 15.4 Å². The molecular formula is C18H19N3O3. The normalized spacial score (nSPS) is 10.7. The van der Waals surface area contributed by atoms with Gasteiger partial charge in [0.1, 0.15) is 11.6 Å². The number of benzene rings is 2. The summed E-state index contributed by atoms with van der Waals surface area (Å²) >= 11 is 0. The van der Waals surface area contributed by atoms with E-state index in [4.69, 9.17) is 9.94 Å². The molecule has 6 heteroatoms. The minimum Gasteiger partial charge on any atom is -0.494 e. The van der Waals surface area contributed by atoms with Crippen LogP contribution in [0.1, 0.15) is 19.3 Å². The number of unbranched alkanes of at least 4 members (excludes halogenated alkanes) is 1. The maximum Gasteiger partial charge on any atom is 0.243 e. The van der Waals surface area contributed by atoms with Gasteiger partial charge >= 0.3 is 0 Å². The van der Waals surface area contributed by atoms with Crippen molar-refractivity contribution >= 4 is 16.9 Å². The van der Waals surface area contributed by atoms with Crippen molar-refractivity contribution in [2.45, 2.75) is 19.3 Å². The van der Waals surface area contributed by atoms with E-state index in [9.17, 15) is 4.79 Å². The Bertz CT molecular complexity index is 796. The van der Waals surface area contributed by atoms with Gasteiger partial charge in [0, 0.05) is 12.0 Å². The number of nitrogens with one attached hydrogen (secondary N) is 2. The third-order valence-electron chi connectivity index (χ3n) is 3.69. The minimum absolute atomic E-state index is 0.291. The Morgan fingerprint density at radius 3 is 2.88 bits per heavy atom. The number of para-hydroxylation sites is 2. The Kier molecular flexibility index (Phi) is 5.08. The number of rotatable bonds is 7. The molecule has 3 rings (SSSR count). The quantitative estimate of drug-likeness (QED) is 0.353. The molecule has 0 aliphatic carbocycles. The second kappa shape index (κ2) is 7.61. The molecule has 0 saturated carbocycles. The highest BCUT2D eigenvalue weighted by molar-refractivity contribution is 5.79. The number of aromatic nitrogens is 2. The van der Waals surface area contributed by atoms with Gasteiger partial charge in [-0.1, -0.05) is 24.3 Å². The zero-order valence-electron chi connectivity index (χ0n) is 13.2. The first-order chi connectivity index (χ1) is 11.8. The smallest absolute Gasteiger partial charge is 0.243 e. The second-order valence-electron chi connectivity index (χ2n) is 5.47. The molecule has 0 aliphatic rings. The van der Waals surface area contributed by atoms with Gasteiger partial charge in [-0.05, 0) is 37.1 Å². The molecule has 0 radical (unpaired) electrons. The van der Waals surface area contributed by atoms with E-state index in [1.807, 2.05) is 48.5 Å². The largest absolute Gasteiger partial charge is 0.494 e. The number of fused-ring (bicyclic) bond motifs is 1. The van der Waals surface area contributed by atoms with Crippen molar-refractivity contribution in [3.05, 3.63) is 48.5 Å². The van der Waals surface area contributed by atoms with E-state index in [-0.39, 0.29) is 5.91 Å². The number of hydrogen-bond donors (Lipinski definition) is 3. The molecule has 0 bridgehead atoms. The standard InChI is InChI=1S/C18H19N3O3/c22-17(21-23)10-3-4-11-24-14-7-5-6-13(12-14)18-19-15-8-1-2-9-16(15)20-18/h1-2,5-9,12,23H,3-4,10-11H2,(H,19,20)(H,21,22). The average Bonchev–Trinajstić information content (AvgIpc) is 3.05. The predicted molar refractivity (Wildman–Crippen MR) is 90.8 cm³/mol. The van der Waals surface area contributed by atoms with Crippen LogP contribution in [0.15, 0.2) is 48.5 Å². The van der Waals surface area contributed by atoms with Gasteiger partial charge in [0.25, 0.3) is 0 Å². The Balaban J connectivity index is 1.61. The molecule has 0 saturated heterocycles. The monoisotopic (exact) mass is 325 g/mol. The molecular weight excluding hydrogens is 306 g/mol. The van der Waals surface area contributed by atoms with Crippen LogP contribution in [-0.4, -0.2) is 27.7 Å². The number of nitrogens with zero attached hydrogens (tertiary/aromatic N) is 1. The van der Waals surface area contributed by atoms with Gasteiger partial charge in [-0.3, -0.25) is 10.0 Å². The first kappa shape index (κ1) is 16.0. The molecule has 2 aromatic carbocycles. The van der Waals surface area contributed by atoms with E-state index in [1.54, 1.807) is 5.48 Å². The van der Waals surface area contributed by atoms with Crippen LogP contribution < -0.4 is 10.2 Å². The number of H-pyrrole nitrogens is 1. The van der Waals surface area contributed by atoms with Crippen LogP contribution in [0, 0.1) is 0 Å². The molecule has 3 aromatic rings. The van der Waals surface area contributed by atoms with E-state index in [0.29, 0.717) is 19.4 Å². The summed E-state index contributed by atoms with van der Waals surface area (Å²) in [7, 11) is 0. The summed E-state index contributed by atoms with van der Waals surface area (Å²) in [6, 6.07) is 15.6. The fraction of sp³-hybridized carbons (Fsp3) is 0.222. The van der Waals surface area contributed by atoms with Gasteiger partial charge in [0.15, 0.2) is 0 Å². The Morgan fingerprint density at radius 1 is 1.17 bits per heavy atom. The third kappa shape index (κ3) is 3.91. The topological polar surface area (TPSA) is 87.2 Å². The molecule has 0 atom stereocenters. The Labute approximate surface area is 139 Å². The highest BCUT2D eigenvalue weighted by Gasteiger charge is 2.06. The van der Waals surface area contributed by atoms with Crippen LogP contribution in [0.25, 0.3) is 22.4 Å². The second-order valence-corrected chi connectivity index (χ2v) is 5.47. The fourth-order valence-electron chi connectivity index (χ4n) is 2.46. The molecule has 0 spiro atoms. The van der Waals surface area contributed by atoms with Gasteiger partial charge in [0.05, 0.1) is 17.6 Å². The van der Waals surface area contributed by atoms with E-state index in [0.717, 1.165) is 34.6 Å². The van der Waals surface area contributed by atoms with E-state index >= 15 is 0 Å². The number of hydrogen-bond acceptors (Lipinski definition) is 4. The molecule has 1 heterocycles. The Hall–Kier alpha value is -2.86. The number of carbonyl (C=O) groups is 1. The van der Waals surface area contributed by atoms with Crippen LogP contribution in [0.4, 0.5) is 0 Å². The van der Waals surface area contributed by atoms with Crippen molar-refractivity contribution in [2.24, 2.45) is 0 Å². The van der Waals surface area contributed by atoms with Crippen LogP contribution in [0.2, 0.25) is 0 Å². The summed E-state index contributed by atoms with van der Waals surface area (Å²) in [5.74, 6) is 1.20. The van der Waals surface area contributed by atoms with Crippen LogP contribution >= 0.6 is 0 Å². The maximum absolute atomic E-state index is 10.9. The van der Waals surface area contributed by atoms with Crippen LogP contribution in [-0.2, 0) is 4.79 Å². The number of hydroxylamine groups is 1. The number of amides is 1. The zero-order valence-corrected chi connectivity index (χ0v) is 13.2. The third-order valence-corrected chi connectivity index (χ3v) is 3.69. The zero-order chi connectivity index (χ0) is 16.8. The van der Waals surface area contributed by atoms with E-state index in [1.165, 1.54) is 0 Å². The number of aromatic amines is 1. The van der Waals surface area contributed by atoms with Crippen molar-refractivity contribution in [3.63, 3.8) is 0 Å². The summed E-state index contributed by atoms with van der Waals surface area (Å²) in [6.45, 7) is 0.516. The molecule has 1 aromatic heterocycles. The van der Waals surface area contributed by atoms with Crippen molar-refractivity contribution in [1.29, 1.82) is 0 Å².